The quantitative estimate of drug-likeness (QED) is 0.464. The fraction of sp³-hybridized carbons (Fsp3) is 0.286. The van der Waals surface area contributed by atoms with Crippen molar-refractivity contribution in [1.82, 2.24) is 14.9 Å². The summed E-state index contributed by atoms with van der Waals surface area (Å²) in [6.07, 6.45) is 3.25. The maximum atomic E-state index is 7.49. The van der Waals surface area contributed by atoms with Gasteiger partial charge in [0, 0.05) is 26.5 Å². The smallest absolute Gasteiger partial charge is 0.194 e. The highest BCUT2D eigenvalue weighted by atomic mass is 15.1. The Morgan fingerprint density at radius 3 is 2.36 bits per heavy atom. The van der Waals surface area contributed by atoms with E-state index < -0.39 is 0 Å². The minimum atomic E-state index is 0.325. The van der Waals surface area contributed by atoms with Crippen LogP contribution in [0.15, 0.2) is 18.5 Å². The Hall–Kier alpha value is -1.45. The van der Waals surface area contributed by atoms with Gasteiger partial charge in [0.25, 0.3) is 0 Å². The van der Waals surface area contributed by atoms with E-state index in [0.29, 0.717) is 11.7 Å². The second-order valence-corrected chi connectivity index (χ2v) is 2.32. The largest absolute Gasteiger partial charge is 0.360 e. The molecule has 1 aromatic rings. The van der Waals surface area contributed by atoms with Crippen LogP contribution in [0.3, 0.4) is 0 Å². The van der Waals surface area contributed by atoms with Crippen LogP contribution in [0.5, 0.6) is 0 Å². The van der Waals surface area contributed by atoms with Crippen LogP contribution >= 0.6 is 0 Å². The van der Waals surface area contributed by atoms with Crippen molar-refractivity contribution in [3.05, 3.63) is 24.3 Å². The number of rotatable bonds is 1. The molecule has 0 amide bonds. The lowest BCUT2D eigenvalue weighted by atomic mass is 10.5. The summed E-state index contributed by atoms with van der Waals surface area (Å²) in [7, 11) is 3.58. The van der Waals surface area contributed by atoms with Crippen LogP contribution in [-0.2, 0) is 0 Å². The van der Waals surface area contributed by atoms with Crippen LogP contribution in [0.25, 0.3) is 0 Å². The zero-order valence-corrected chi connectivity index (χ0v) is 6.57. The molecule has 4 nitrogen and oxygen atoms in total. The molecule has 1 aromatic heterocycles. The lowest BCUT2D eigenvalue weighted by molar-refractivity contribution is 0.613. The molecule has 1 rings (SSSR count). The van der Waals surface area contributed by atoms with Gasteiger partial charge < -0.3 is 4.90 Å². The van der Waals surface area contributed by atoms with Gasteiger partial charge in [-0.15, -0.1) is 0 Å². The van der Waals surface area contributed by atoms with E-state index in [0.717, 1.165) is 0 Å². The Bertz CT molecular complexity index is 242. The summed E-state index contributed by atoms with van der Waals surface area (Å²) >= 11 is 0. The number of aromatic nitrogens is 2. The van der Waals surface area contributed by atoms with Crippen molar-refractivity contribution in [2.45, 2.75) is 0 Å². The Balaban J connectivity index is 2.86. The second kappa shape index (κ2) is 3.09. The molecule has 11 heavy (non-hydrogen) atoms. The van der Waals surface area contributed by atoms with Crippen LogP contribution in [0, 0.1) is 5.41 Å². The minimum absolute atomic E-state index is 0.325. The van der Waals surface area contributed by atoms with E-state index in [1.165, 1.54) is 0 Å². The first kappa shape index (κ1) is 7.65. The maximum absolute atomic E-state index is 7.49. The molecule has 4 heteroatoms. The van der Waals surface area contributed by atoms with Gasteiger partial charge in [0.2, 0.25) is 0 Å². The van der Waals surface area contributed by atoms with Gasteiger partial charge in [-0.25, -0.2) is 9.97 Å². The third-order valence-corrected chi connectivity index (χ3v) is 1.22. The zero-order valence-electron chi connectivity index (χ0n) is 6.57. The number of hydrogen-bond acceptors (Lipinski definition) is 3. The Morgan fingerprint density at radius 1 is 1.36 bits per heavy atom. The van der Waals surface area contributed by atoms with Crippen LogP contribution in [-0.4, -0.2) is 34.8 Å². The minimum Gasteiger partial charge on any atom is -0.360 e. The molecule has 58 valence electrons. The average molecular weight is 150 g/mol. The van der Waals surface area contributed by atoms with Crippen molar-refractivity contribution in [2.24, 2.45) is 0 Å². The highest BCUT2D eigenvalue weighted by Gasteiger charge is 2.03. The number of hydrogen-bond donors (Lipinski definition) is 1. The molecule has 0 saturated heterocycles. The molecule has 0 radical (unpaired) electrons. The molecule has 0 aromatic carbocycles. The highest BCUT2D eigenvalue weighted by molar-refractivity contribution is 5.92. The van der Waals surface area contributed by atoms with E-state index in [4.69, 9.17) is 5.41 Å². The van der Waals surface area contributed by atoms with Crippen molar-refractivity contribution in [2.75, 3.05) is 14.1 Å². The van der Waals surface area contributed by atoms with Crippen molar-refractivity contribution in [3.63, 3.8) is 0 Å². The van der Waals surface area contributed by atoms with Crippen molar-refractivity contribution in [1.29, 1.82) is 5.41 Å². The lowest BCUT2D eigenvalue weighted by Crippen LogP contribution is -2.23. The lowest BCUT2D eigenvalue weighted by Gasteiger charge is -2.10. The van der Waals surface area contributed by atoms with Crippen molar-refractivity contribution < 1.29 is 0 Å². The van der Waals surface area contributed by atoms with Crippen molar-refractivity contribution >= 4 is 5.84 Å². The summed E-state index contributed by atoms with van der Waals surface area (Å²) in [5.41, 5.74) is 0. The van der Waals surface area contributed by atoms with E-state index >= 15 is 0 Å². The number of nitrogens with zero attached hydrogens (tertiary/aromatic N) is 3. The zero-order chi connectivity index (χ0) is 8.27. The molecule has 0 fully saturated rings. The standard InChI is InChI=1S/C7H10N4/c1-11(2)6(8)7-9-4-3-5-10-7/h3-5,8H,1-2H3. The Kier molecular flexibility index (Phi) is 2.15. The van der Waals surface area contributed by atoms with Gasteiger partial charge in [-0.05, 0) is 6.07 Å². The molecule has 0 unspecified atom stereocenters. The summed E-state index contributed by atoms with van der Waals surface area (Å²) < 4.78 is 0. The first-order chi connectivity index (χ1) is 5.22. The molecule has 0 aliphatic rings. The molecule has 1 heterocycles. The van der Waals surface area contributed by atoms with E-state index in [1.54, 1.807) is 37.5 Å². The Labute approximate surface area is 65.4 Å². The predicted molar refractivity (Wildman–Crippen MR) is 42.5 cm³/mol. The van der Waals surface area contributed by atoms with Gasteiger partial charge in [-0.2, -0.15) is 0 Å². The molecule has 0 atom stereocenters. The van der Waals surface area contributed by atoms with Crippen LogP contribution in [0.1, 0.15) is 5.82 Å². The summed E-state index contributed by atoms with van der Waals surface area (Å²) in [5.74, 6) is 0.781. The average Bonchev–Trinajstić information content (AvgIpc) is 2.05. The molecular weight excluding hydrogens is 140 g/mol. The van der Waals surface area contributed by atoms with Gasteiger partial charge in [-0.3, -0.25) is 5.41 Å². The molecule has 0 aliphatic carbocycles. The fourth-order valence-corrected chi connectivity index (χ4v) is 0.621. The van der Waals surface area contributed by atoms with E-state index in [-0.39, 0.29) is 0 Å². The van der Waals surface area contributed by atoms with Gasteiger partial charge >= 0.3 is 0 Å². The number of amidine groups is 1. The normalized spacial score (nSPS) is 9.27. The third kappa shape index (κ3) is 1.73. The van der Waals surface area contributed by atoms with Crippen LogP contribution in [0.4, 0.5) is 0 Å². The van der Waals surface area contributed by atoms with Gasteiger partial charge in [0.05, 0.1) is 0 Å². The molecular formula is C7H10N4. The fourth-order valence-electron chi connectivity index (χ4n) is 0.621. The van der Waals surface area contributed by atoms with Gasteiger partial charge in [-0.1, -0.05) is 0 Å². The topological polar surface area (TPSA) is 52.9 Å². The monoisotopic (exact) mass is 150 g/mol. The first-order valence-corrected chi connectivity index (χ1v) is 3.25. The summed E-state index contributed by atoms with van der Waals surface area (Å²) in [6, 6.07) is 1.73. The first-order valence-electron chi connectivity index (χ1n) is 3.25. The second-order valence-electron chi connectivity index (χ2n) is 2.32. The molecule has 0 aliphatic heterocycles. The Morgan fingerprint density at radius 2 is 1.91 bits per heavy atom. The van der Waals surface area contributed by atoms with E-state index in [2.05, 4.69) is 9.97 Å². The van der Waals surface area contributed by atoms with Crippen molar-refractivity contribution in [3.8, 4) is 0 Å². The summed E-state index contributed by atoms with van der Waals surface area (Å²) in [5, 5.41) is 7.49. The summed E-state index contributed by atoms with van der Waals surface area (Å²) in [6.45, 7) is 0. The van der Waals surface area contributed by atoms with Gasteiger partial charge in [0.1, 0.15) is 0 Å². The van der Waals surface area contributed by atoms with Crippen LogP contribution < -0.4 is 0 Å². The third-order valence-electron chi connectivity index (χ3n) is 1.22. The maximum Gasteiger partial charge on any atom is 0.194 e. The van der Waals surface area contributed by atoms with E-state index in [1.807, 2.05) is 0 Å². The molecule has 0 spiro atoms. The predicted octanol–water partition coefficient (Wildman–Crippen LogP) is 0.364. The van der Waals surface area contributed by atoms with E-state index in [9.17, 15) is 0 Å². The number of nitrogens with one attached hydrogen (secondary N) is 1. The van der Waals surface area contributed by atoms with Crippen LogP contribution in [0.2, 0.25) is 0 Å². The highest BCUT2D eigenvalue weighted by Crippen LogP contribution is 1.91. The van der Waals surface area contributed by atoms with Gasteiger partial charge in [0.15, 0.2) is 11.7 Å². The molecule has 0 bridgehead atoms. The molecule has 1 N–H and O–H groups in total. The summed E-state index contributed by atoms with van der Waals surface area (Å²) in [4.78, 5) is 9.51. The SMILES string of the molecule is CN(C)C(=N)c1ncccn1. The molecule has 0 saturated carbocycles.